The second-order valence-corrected chi connectivity index (χ2v) is 29.4. The standard InChI is InChI=1S/C77H88N10O9/c1-44(88)94-53-35-61(52-33-60(90)71(91)64(34-52)93-28-21-45-9-8-25-80-40-45)96-65(36-53)75-22-6-12-49-10-3-4-15-57(49)84-73(92)69-72(87-41-51-20-27-81-58(51)42-87)85-74-83-43-76(38-47-19-26-82-66(78)32-47)24-18-55-54-13-5-11-50(67(54)70(79-2)68(55)76)29-48-31-62(56(14-7-23-75)77(69,39-48)86-74)95-63-30-46(37-75)16-17-59(63)89/h5,8-9,11,13,16-17,19-20,25,27,30,32-34,40-42,48-49,53,55-57,61-62,65,68-70,72-73,79,81-82,84,89-92H,3-4,10,15,18,21-24,26,28-29,31,35-39,43,78H2,1-2H3,(H2,83,85,86)/t48-,49-,53+,55-,56+,57+,61+,62+,65-,68-,69+,70+,72-,73-,75+,76-,77+/m1/s1. The van der Waals surface area contributed by atoms with E-state index in [-0.39, 0.29) is 77.7 Å². The maximum atomic E-state index is 13.9. The van der Waals surface area contributed by atoms with Crippen molar-refractivity contribution >= 4 is 22.8 Å². The van der Waals surface area contributed by atoms with Gasteiger partial charge in [0, 0.05) is 112 Å². The summed E-state index contributed by atoms with van der Waals surface area (Å²) in [5, 5.41) is 69.5. The summed E-state index contributed by atoms with van der Waals surface area (Å²) in [7, 11) is 2.13. The highest BCUT2D eigenvalue weighted by Crippen LogP contribution is 2.65. The number of aliphatic hydroxyl groups is 1. The van der Waals surface area contributed by atoms with Gasteiger partial charge in [-0.1, -0.05) is 61.1 Å². The number of nitrogens with one attached hydrogen (secondary N) is 6. The van der Waals surface area contributed by atoms with Crippen molar-refractivity contribution in [3.8, 4) is 52.4 Å². The van der Waals surface area contributed by atoms with Crippen LogP contribution >= 0.6 is 0 Å². The van der Waals surface area contributed by atoms with Crippen LogP contribution < -0.4 is 41.8 Å². The molecular formula is C77H88N10O9. The van der Waals surface area contributed by atoms with Crippen LogP contribution in [0, 0.1) is 64.1 Å². The Morgan fingerprint density at radius 3 is 2.70 bits per heavy atom. The van der Waals surface area contributed by atoms with Gasteiger partial charge in [0.2, 0.25) is 5.75 Å². The first-order chi connectivity index (χ1) is 46.7. The number of carbonyl (C=O) groups is 1. The number of guanidine groups is 1. The number of aromatic nitrogens is 3. The number of phenols is 3. The largest absolute Gasteiger partial charge is 0.504 e. The van der Waals surface area contributed by atoms with Gasteiger partial charge < -0.3 is 75.9 Å². The third-order valence-corrected chi connectivity index (χ3v) is 23.6. The molecule has 19 nitrogen and oxygen atoms in total. The molecular weight excluding hydrogens is 1210 g/mol. The molecule has 0 unspecified atom stereocenters. The fourth-order valence-corrected chi connectivity index (χ4v) is 19.5. The van der Waals surface area contributed by atoms with Crippen LogP contribution in [0.3, 0.4) is 0 Å². The number of hydrogen-bond donors (Lipinski definition) is 11. The van der Waals surface area contributed by atoms with E-state index in [0.717, 1.165) is 73.4 Å². The van der Waals surface area contributed by atoms with Crippen LogP contribution in [0.5, 0.6) is 28.7 Å². The summed E-state index contributed by atoms with van der Waals surface area (Å²) in [6.45, 7) is 2.80. The third-order valence-electron chi connectivity index (χ3n) is 23.6. The molecule has 9 bridgehead atoms. The van der Waals surface area contributed by atoms with E-state index in [1.54, 1.807) is 24.5 Å². The highest BCUT2D eigenvalue weighted by molar-refractivity contribution is 5.83. The van der Waals surface area contributed by atoms with Crippen LogP contribution in [-0.2, 0) is 33.5 Å². The highest BCUT2D eigenvalue weighted by Gasteiger charge is 2.63. The lowest BCUT2D eigenvalue weighted by atomic mass is 9.58. The molecule has 5 fully saturated rings. The number of benzene rings is 3. The van der Waals surface area contributed by atoms with Gasteiger partial charge in [-0.25, -0.2) is 0 Å². The van der Waals surface area contributed by atoms with Gasteiger partial charge in [0.25, 0.3) is 0 Å². The summed E-state index contributed by atoms with van der Waals surface area (Å²) >= 11 is 0. The predicted octanol–water partition coefficient (Wildman–Crippen LogP) is 9.37. The van der Waals surface area contributed by atoms with Gasteiger partial charge in [0.05, 0.1) is 47.5 Å². The zero-order chi connectivity index (χ0) is 65.5. The Morgan fingerprint density at radius 2 is 1.85 bits per heavy atom. The smallest absolute Gasteiger partial charge is 0.302 e. The highest BCUT2D eigenvalue weighted by atomic mass is 16.6. The lowest BCUT2D eigenvalue weighted by Crippen LogP contribution is -2.76. The summed E-state index contributed by atoms with van der Waals surface area (Å²) in [6.07, 6.45) is 20.2. The van der Waals surface area contributed by atoms with E-state index in [1.165, 1.54) is 35.3 Å². The van der Waals surface area contributed by atoms with Crippen molar-refractivity contribution in [2.75, 3.05) is 26.7 Å². The number of rotatable bonds is 11. The third kappa shape index (κ3) is 11.4. The van der Waals surface area contributed by atoms with E-state index in [1.807, 2.05) is 30.5 Å². The zero-order valence-corrected chi connectivity index (χ0v) is 54.7. The molecule has 96 heavy (non-hydrogen) atoms. The van der Waals surface area contributed by atoms with Crippen molar-refractivity contribution < 1.29 is 44.2 Å². The van der Waals surface area contributed by atoms with E-state index in [2.05, 4.69) is 121 Å². The number of aliphatic hydroxyl groups excluding tert-OH is 1. The van der Waals surface area contributed by atoms with Crippen LogP contribution in [0.1, 0.15) is 148 Å². The molecule has 10 aliphatic rings. The number of aromatic amines is 1. The minimum Gasteiger partial charge on any atom is -0.504 e. The molecule has 500 valence electrons. The van der Waals surface area contributed by atoms with Crippen molar-refractivity contribution in [2.45, 2.75) is 170 Å². The lowest BCUT2D eigenvalue weighted by molar-refractivity contribution is -0.174. The maximum Gasteiger partial charge on any atom is 0.302 e. The first-order valence-corrected chi connectivity index (χ1v) is 34.9. The summed E-state index contributed by atoms with van der Waals surface area (Å²) in [5.41, 5.74) is 13.0. The van der Waals surface area contributed by atoms with E-state index in [4.69, 9.17) is 29.7 Å². The Hall–Kier alpha value is -8.59. The summed E-state index contributed by atoms with van der Waals surface area (Å²) in [6, 6.07) is 21.7. The number of allylic oxidation sites excluding steroid dienone is 2. The average molecular weight is 1300 g/mol. The van der Waals surface area contributed by atoms with Gasteiger partial charge in [-0.2, -0.15) is 0 Å². The molecule has 1 spiro atoms. The predicted molar refractivity (Wildman–Crippen MR) is 363 cm³/mol. The number of aromatic hydroxyl groups is 3. The fraction of sp³-hybridized carbons (Fsp3) is 0.494. The average Bonchev–Trinajstić information content (AvgIpc) is 1.31. The first kappa shape index (κ1) is 62.2. The molecule has 16 rings (SSSR count). The van der Waals surface area contributed by atoms with Crippen molar-refractivity contribution in [3.05, 3.63) is 155 Å². The summed E-state index contributed by atoms with van der Waals surface area (Å²) in [4.78, 5) is 26.9. The number of nitrogens with two attached hydrogens (primary N) is 1. The fourth-order valence-electron chi connectivity index (χ4n) is 19.5. The molecule has 12 N–H and O–H groups in total. The number of ether oxygens (including phenoxy) is 4. The number of hydrogen-bond acceptors (Lipinski definition) is 17. The quantitative estimate of drug-likeness (QED) is 0.0328. The topological polar surface area (TPSA) is 267 Å². The molecule has 17 atom stereocenters. The second kappa shape index (κ2) is 25.1. The number of phenolic OH excluding ortho intramolecular Hbond substituents is 3. The van der Waals surface area contributed by atoms with E-state index in [9.17, 15) is 25.2 Å². The normalized spacial score (nSPS) is 34.1. The van der Waals surface area contributed by atoms with Crippen molar-refractivity contribution in [2.24, 2.45) is 51.1 Å². The van der Waals surface area contributed by atoms with Crippen molar-refractivity contribution in [1.29, 1.82) is 0 Å². The molecule has 6 aliphatic heterocycles. The molecule has 3 saturated carbocycles. The molecule has 3 aromatic heterocycles. The summed E-state index contributed by atoms with van der Waals surface area (Å²) < 4.78 is 29.8. The van der Waals surface area contributed by atoms with Crippen LogP contribution in [0.2, 0.25) is 0 Å². The van der Waals surface area contributed by atoms with E-state index in [0.29, 0.717) is 80.6 Å². The number of H-pyrrole nitrogens is 1. The van der Waals surface area contributed by atoms with Crippen molar-refractivity contribution in [3.63, 3.8) is 0 Å². The Balaban J connectivity index is 0.880. The molecule has 9 heterocycles. The molecule has 2 saturated heterocycles. The number of nitrogens with zero attached hydrogens (tertiary/aromatic N) is 3. The Kier molecular flexibility index (Phi) is 16.3. The van der Waals surface area contributed by atoms with Gasteiger partial charge in [-0.15, -0.1) is 11.8 Å². The number of aliphatic imine (C=N–C) groups is 1. The number of esters is 1. The van der Waals surface area contributed by atoms with Gasteiger partial charge in [0.15, 0.2) is 29.0 Å². The number of carbonyl (C=O) groups excluding carboxylic acids is 1. The maximum absolute atomic E-state index is 13.9. The molecule has 4 aliphatic carbocycles. The Labute approximate surface area is 560 Å². The number of fused-ring (bicyclic) bond motifs is 9. The van der Waals surface area contributed by atoms with Gasteiger partial charge >= 0.3 is 5.97 Å². The Morgan fingerprint density at radius 1 is 0.969 bits per heavy atom. The van der Waals surface area contributed by atoms with Crippen LogP contribution in [0.25, 0.3) is 10.9 Å². The second-order valence-electron chi connectivity index (χ2n) is 29.4. The van der Waals surface area contributed by atoms with Gasteiger partial charge in [-0.3, -0.25) is 20.1 Å². The van der Waals surface area contributed by atoms with Gasteiger partial charge in [-0.05, 0) is 169 Å². The molecule has 3 aromatic carbocycles. The SMILES string of the molecule is CN[C@H]1c2c3cccc2[C@H]2CC[C@@](CC4=CCNC(N)=C4)(CN=C4N[C@H](n5cc6cc[nH]c6c5)[C@H]5[C@@H](O)N[C@H]6CCCC[C@@H]6C#CC[C@]6([C@H]7C[C@@H](OC(C)=O)C[C@@H](c8cc(O)c(O)c(OCCc9cccnc9)c8)O7)CC#C[C@H]7[C@H](C[C@@H](C3)C[C@@]57N4)Oc3cc(ccc3O)C6)[C@H]21. The molecule has 19 heteroatoms. The number of pyridine rings is 1. The van der Waals surface area contributed by atoms with Crippen LogP contribution in [0.4, 0.5) is 0 Å². The Bertz CT molecular complexity index is 4170. The molecule has 0 radical (unpaired) electrons. The van der Waals surface area contributed by atoms with E-state index < -0.39 is 65.6 Å². The van der Waals surface area contributed by atoms with Crippen LogP contribution in [0.15, 0.2) is 126 Å². The summed E-state index contributed by atoms with van der Waals surface area (Å²) in [5.74, 6) is 15.2. The monoisotopic (exact) mass is 1300 g/mol. The minimum atomic E-state index is -1.11. The van der Waals surface area contributed by atoms with Crippen molar-refractivity contribution in [1.82, 2.24) is 41.1 Å². The minimum absolute atomic E-state index is 0.00210. The van der Waals surface area contributed by atoms with Gasteiger partial charge in [0.1, 0.15) is 24.6 Å². The first-order valence-electron chi connectivity index (χ1n) is 34.9. The molecule has 6 aromatic rings. The van der Waals surface area contributed by atoms with E-state index >= 15 is 0 Å². The number of dihydropyridines is 1. The lowest BCUT2D eigenvalue weighted by Gasteiger charge is -2.59. The molecule has 0 amide bonds. The zero-order valence-electron chi connectivity index (χ0n) is 54.7. The van der Waals surface area contributed by atoms with Crippen LogP contribution in [-0.4, -0.2) is 110 Å².